The van der Waals surface area contributed by atoms with Crippen LogP contribution < -0.4 is 4.72 Å². The van der Waals surface area contributed by atoms with Gasteiger partial charge in [0.25, 0.3) is 0 Å². The van der Waals surface area contributed by atoms with Crippen molar-refractivity contribution < 1.29 is 4.21 Å². The second-order valence-corrected chi connectivity index (χ2v) is 12.6. The zero-order chi connectivity index (χ0) is 18.2. The van der Waals surface area contributed by atoms with Crippen molar-refractivity contribution in [3.05, 3.63) is 19.8 Å². The van der Waals surface area contributed by atoms with E-state index in [0.717, 1.165) is 40.8 Å². The predicted molar refractivity (Wildman–Crippen MR) is 107 cm³/mol. The van der Waals surface area contributed by atoms with Crippen molar-refractivity contribution in [1.82, 2.24) is 4.72 Å². The predicted octanol–water partition coefficient (Wildman–Crippen LogP) is 5.91. The maximum absolute atomic E-state index is 12.7. The third-order valence-corrected chi connectivity index (χ3v) is 8.74. The molecule has 0 saturated heterocycles. The summed E-state index contributed by atoms with van der Waals surface area (Å²) in [6, 6.07) is 4.38. The van der Waals surface area contributed by atoms with Crippen molar-refractivity contribution in [3.8, 4) is 6.07 Å². The molecule has 3 nitrogen and oxygen atoms in total. The Bertz CT molecular complexity index is 673. The number of nitriles is 1. The number of hydrogen-bond donors (Lipinski definition) is 1. The highest BCUT2D eigenvalue weighted by molar-refractivity contribution is 9.11. The SMILES string of the molecule is CC(C)(C)[S@@](=O)N[C@@](C)(CCC1(C#N)CCC1)c1sc(Br)cc1Cl. The highest BCUT2D eigenvalue weighted by Gasteiger charge is 2.42. The van der Waals surface area contributed by atoms with Gasteiger partial charge in [0.05, 0.1) is 41.6 Å². The maximum Gasteiger partial charge on any atom is 0.0978 e. The van der Waals surface area contributed by atoms with Crippen LogP contribution in [0.4, 0.5) is 0 Å². The van der Waals surface area contributed by atoms with Crippen LogP contribution in [0.2, 0.25) is 5.02 Å². The number of thiophene rings is 1. The summed E-state index contributed by atoms with van der Waals surface area (Å²) in [5.74, 6) is 0. The van der Waals surface area contributed by atoms with Gasteiger partial charge in [-0.05, 0) is 75.4 Å². The number of hydrogen-bond acceptors (Lipinski definition) is 3. The average Bonchev–Trinajstić information content (AvgIpc) is 2.76. The van der Waals surface area contributed by atoms with Crippen molar-refractivity contribution in [2.24, 2.45) is 5.41 Å². The van der Waals surface area contributed by atoms with Crippen molar-refractivity contribution >= 4 is 49.9 Å². The summed E-state index contributed by atoms with van der Waals surface area (Å²) in [6.45, 7) is 7.89. The van der Waals surface area contributed by atoms with Crippen molar-refractivity contribution in [1.29, 1.82) is 5.26 Å². The van der Waals surface area contributed by atoms with E-state index in [-0.39, 0.29) is 10.2 Å². The molecular weight excluding hydrogens is 428 g/mol. The van der Waals surface area contributed by atoms with E-state index in [9.17, 15) is 9.47 Å². The highest BCUT2D eigenvalue weighted by atomic mass is 79.9. The minimum Gasteiger partial charge on any atom is -0.242 e. The molecule has 0 unspecified atom stereocenters. The smallest absolute Gasteiger partial charge is 0.0978 e. The van der Waals surface area contributed by atoms with Gasteiger partial charge in [-0.2, -0.15) is 5.26 Å². The molecule has 2 rings (SSSR count). The zero-order valence-electron chi connectivity index (χ0n) is 14.5. The molecule has 1 heterocycles. The fourth-order valence-electron chi connectivity index (χ4n) is 2.80. The van der Waals surface area contributed by atoms with Crippen LogP contribution in [0, 0.1) is 16.7 Å². The largest absolute Gasteiger partial charge is 0.242 e. The standard InChI is InChI=1S/C17H24BrClN2OS2/c1-15(2,3)24(22)21-16(4,14-12(19)10-13(18)23-14)8-9-17(11-20)6-5-7-17/h10,21H,5-9H2,1-4H3/t16-,24+/m0/s1. The summed E-state index contributed by atoms with van der Waals surface area (Å²) in [4.78, 5) is 0.973. The van der Waals surface area contributed by atoms with Crippen LogP contribution in [0.1, 0.15) is 64.7 Å². The lowest BCUT2D eigenvalue weighted by molar-refractivity contribution is 0.174. The number of rotatable bonds is 6. The Balaban J connectivity index is 2.29. The third-order valence-electron chi connectivity index (χ3n) is 4.68. The van der Waals surface area contributed by atoms with Gasteiger partial charge in [-0.25, -0.2) is 8.93 Å². The lowest BCUT2D eigenvalue weighted by Gasteiger charge is -2.39. The molecule has 2 atom stereocenters. The van der Waals surface area contributed by atoms with Crippen LogP contribution in [0.25, 0.3) is 0 Å². The van der Waals surface area contributed by atoms with Crippen LogP contribution in [0.15, 0.2) is 9.85 Å². The van der Waals surface area contributed by atoms with E-state index < -0.39 is 16.5 Å². The molecule has 0 radical (unpaired) electrons. The molecule has 24 heavy (non-hydrogen) atoms. The summed E-state index contributed by atoms with van der Waals surface area (Å²) in [7, 11) is -1.22. The van der Waals surface area contributed by atoms with Crippen LogP contribution >= 0.6 is 38.9 Å². The Morgan fingerprint density at radius 1 is 1.46 bits per heavy atom. The topological polar surface area (TPSA) is 52.9 Å². The molecule has 134 valence electrons. The van der Waals surface area contributed by atoms with Crippen LogP contribution in [0.5, 0.6) is 0 Å². The summed E-state index contributed by atoms with van der Waals surface area (Å²) in [5, 5.41) is 10.2. The fraction of sp³-hybridized carbons (Fsp3) is 0.706. The Morgan fingerprint density at radius 2 is 2.08 bits per heavy atom. The van der Waals surface area contributed by atoms with Crippen molar-refractivity contribution in [2.75, 3.05) is 0 Å². The van der Waals surface area contributed by atoms with Gasteiger partial charge in [-0.3, -0.25) is 0 Å². The number of nitrogens with zero attached hydrogens (tertiary/aromatic N) is 1. The maximum atomic E-state index is 12.7. The van der Waals surface area contributed by atoms with Crippen LogP contribution in [0.3, 0.4) is 0 Å². The Kier molecular flexibility index (Phi) is 6.25. The van der Waals surface area contributed by atoms with E-state index in [4.69, 9.17) is 11.6 Å². The molecule has 1 aliphatic carbocycles. The van der Waals surface area contributed by atoms with Gasteiger partial charge in [0.15, 0.2) is 0 Å². The van der Waals surface area contributed by atoms with Gasteiger partial charge in [-0.15, -0.1) is 11.3 Å². The van der Waals surface area contributed by atoms with Crippen molar-refractivity contribution in [2.45, 2.75) is 70.1 Å². The average molecular weight is 452 g/mol. The van der Waals surface area contributed by atoms with Gasteiger partial charge in [-0.1, -0.05) is 18.0 Å². The Hall–Kier alpha value is 0.0700. The van der Waals surface area contributed by atoms with Crippen LogP contribution in [-0.4, -0.2) is 8.96 Å². The van der Waals surface area contributed by atoms with Gasteiger partial charge < -0.3 is 0 Å². The van der Waals surface area contributed by atoms with Gasteiger partial charge in [0, 0.05) is 4.88 Å². The minimum atomic E-state index is -1.22. The molecular formula is C17H24BrClN2OS2. The highest BCUT2D eigenvalue weighted by Crippen LogP contribution is 2.48. The molecule has 0 spiro atoms. The monoisotopic (exact) mass is 450 g/mol. The number of nitrogens with one attached hydrogen (secondary N) is 1. The molecule has 0 aromatic carbocycles. The first kappa shape index (κ1) is 20.4. The molecule has 1 fully saturated rings. The van der Waals surface area contributed by atoms with Gasteiger partial charge in [0.2, 0.25) is 0 Å². The summed E-state index contributed by atoms with van der Waals surface area (Å²) < 4.78 is 16.6. The normalized spacial score (nSPS) is 20.7. The Morgan fingerprint density at radius 3 is 2.46 bits per heavy atom. The third kappa shape index (κ3) is 4.42. The van der Waals surface area contributed by atoms with Crippen LogP contribution in [-0.2, 0) is 16.5 Å². The van der Waals surface area contributed by atoms with Gasteiger partial charge >= 0.3 is 0 Å². The summed E-state index contributed by atoms with van der Waals surface area (Å²) in [5.41, 5.74) is -0.738. The molecule has 1 N–H and O–H groups in total. The molecule has 1 aromatic rings. The number of halogens is 2. The molecule has 1 saturated carbocycles. The molecule has 1 aromatic heterocycles. The van der Waals surface area contributed by atoms with E-state index in [0.29, 0.717) is 5.02 Å². The zero-order valence-corrected chi connectivity index (χ0v) is 18.5. The lowest BCUT2D eigenvalue weighted by atomic mass is 9.66. The molecule has 7 heteroatoms. The Labute approximate surface area is 164 Å². The summed E-state index contributed by atoms with van der Waals surface area (Å²) in [6.07, 6.45) is 4.57. The first-order valence-corrected chi connectivity index (χ1v) is 11.2. The van der Waals surface area contributed by atoms with Gasteiger partial charge in [0.1, 0.15) is 0 Å². The first-order valence-electron chi connectivity index (χ1n) is 8.08. The molecule has 0 aliphatic heterocycles. The quantitative estimate of drug-likeness (QED) is 0.585. The summed E-state index contributed by atoms with van der Waals surface area (Å²) >= 11 is 11.5. The van der Waals surface area contributed by atoms with E-state index >= 15 is 0 Å². The van der Waals surface area contributed by atoms with E-state index in [1.54, 1.807) is 11.3 Å². The first-order chi connectivity index (χ1) is 11.0. The molecule has 0 amide bonds. The van der Waals surface area contributed by atoms with E-state index in [1.165, 1.54) is 0 Å². The molecule has 0 bridgehead atoms. The van der Waals surface area contributed by atoms with E-state index in [1.807, 2.05) is 33.8 Å². The lowest BCUT2D eigenvalue weighted by Crippen LogP contribution is -2.46. The fourth-order valence-corrected chi connectivity index (χ4v) is 6.03. The van der Waals surface area contributed by atoms with E-state index in [2.05, 4.69) is 26.7 Å². The minimum absolute atomic E-state index is 0.215. The van der Waals surface area contributed by atoms with Crippen molar-refractivity contribution in [3.63, 3.8) is 0 Å². The molecule has 1 aliphatic rings. The second-order valence-electron chi connectivity index (χ2n) is 7.79. The second kappa shape index (κ2) is 7.36.